The van der Waals surface area contributed by atoms with Crippen molar-refractivity contribution in [2.45, 2.75) is 63.3 Å². The fourth-order valence-electron chi connectivity index (χ4n) is 4.05. The molecule has 1 amide bonds. The van der Waals surface area contributed by atoms with E-state index in [1.807, 2.05) is 5.38 Å². The first-order chi connectivity index (χ1) is 11.2. The van der Waals surface area contributed by atoms with Crippen molar-refractivity contribution in [1.82, 2.24) is 15.2 Å². The average molecular weight is 337 g/mol. The Morgan fingerprint density at radius 2 is 1.91 bits per heavy atom. The minimum Gasteiger partial charge on any atom is -0.375 e. The van der Waals surface area contributed by atoms with Crippen LogP contribution in [-0.2, 0) is 11.2 Å². The number of thiazole rings is 1. The molecule has 1 saturated heterocycles. The van der Waals surface area contributed by atoms with Crippen LogP contribution in [0.4, 0.5) is 5.13 Å². The number of hydrogen-bond donors (Lipinski definition) is 2. The number of nitrogens with two attached hydrogens (primary N) is 1. The van der Waals surface area contributed by atoms with Gasteiger partial charge in [-0.3, -0.25) is 9.69 Å². The molecule has 0 aromatic carbocycles. The van der Waals surface area contributed by atoms with Crippen LogP contribution in [0.25, 0.3) is 0 Å². The molecule has 2 heterocycles. The second-order valence-electron chi connectivity index (χ2n) is 6.82. The van der Waals surface area contributed by atoms with Crippen LogP contribution >= 0.6 is 11.3 Å². The lowest BCUT2D eigenvalue weighted by Gasteiger charge is -2.46. The fourth-order valence-corrected chi connectivity index (χ4v) is 4.65. The predicted octanol–water partition coefficient (Wildman–Crippen LogP) is 2.57. The zero-order valence-electron chi connectivity index (χ0n) is 13.9. The Labute approximate surface area is 142 Å². The summed E-state index contributed by atoms with van der Waals surface area (Å²) in [6, 6.07) is 0. The molecule has 128 valence electrons. The van der Waals surface area contributed by atoms with Crippen LogP contribution < -0.4 is 11.1 Å². The van der Waals surface area contributed by atoms with Gasteiger partial charge in [0.1, 0.15) is 5.54 Å². The highest BCUT2D eigenvalue weighted by Gasteiger charge is 2.44. The molecule has 1 aromatic rings. The van der Waals surface area contributed by atoms with E-state index in [4.69, 9.17) is 5.73 Å². The van der Waals surface area contributed by atoms with E-state index in [1.165, 1.54) is 49.9 Å². The maximum absolute atomic E-state index is 13.0. The second-order valence-corrected chi connectivity index (χ2v) is 7.71. The second kappa shape index (κ2) is 7.62. The SMILES string of the molecule is Nc1nc(CCNC(=O)C2(N3CCCCC3)CCCCC2)cs1. The van der Waals surface area contributed by atoms with Crippen LogP contribution in [0.5, 0.6) is 0 Å². The molecule has 0 spiro atoms. The van der Waals surface area contributed by atoms with Gasteiger partial charge in [0.25, 0.3) is 0 Å². The van der Waals surface area contributed by atoms with Gasteiger partial charge in [-0.2, -0.15) is 0 Å². The summed E-state index contributed by atoms with van der Waals surface area (Å²) >= 11 is 1.46. The molecule has 0 unspecified atom stereocenters. The predicted molar refractivity (Wildman–Crippen MR) is 94.5 cm³/mol. The van der Waals surface area contributed by atoms with Crippen molar-refractivity contribution in [2.75, 3.05) is 25.4 Å². The molecule has 0 atom stereocenters. The lowest BCUT2D eigenvalue weighted by atomic mass is 9.78. The molecule has 23 heavy (non-hydrogen) atoms. The third-order valence-electron chi connectivity index (χ3n) is 5.30. The number of hydrogen-bond acceptors (Lipinski definition) is 5. The highest BCUT2D eigenvalue weighted by atomic mass is 32.1. The van der Waals surface area contributed by atoms with E-state index < -0.39 is 0 Å². The number of piperidine rings is 1. The van der Waals surface area contributed by atoms with Crippen LogP contribution in [0.3, 0.4) is 0 Å². The van der Waals surface area contributed by atoms with Gasteiger partial charge in [-0.15, -0.1) is 11.3 Å². The summed E-state index contributed by atoms with van der Waals surface area (Å²) in [5.74, 6) is 0.238. The van der Waals surface area contributed by atoms with Gasteiger partial charge in [0.15, 0.2) is 5.13 Å². The Kier molecular flexibility index (Phi) is 5.54. The van der Waals surface area contributed by atoms with Crippen LogP contribution in [0.2, 0.25) is 0 Å². The van der Waals surface area contributed by atoms with Crippen molar-refractivity contribution >= 4 is 22.4 Å². The number of amides is 1. The first-order valence-corrected chi connectivity index (χ1v) is 9.82. The van der Waals surface area contributed by atoms with E-state index in [9.17, 15) is 4.79 Å². The number of carbonyl (C=O) groups excluding carboxylic acids is 1. The average Bonchev–Trinajstić information content (AvgIpc) is 3.01. The van der Waals surface area contributed by atoms with E-state index in [2.05, 4.69) is 15.2 Å². The Balaban J connectivity index is 1.60. The lowest BCUT2D eigenvalue weighted by molar-refractivity contribution is -0.137. The van der Waals surface area contributed by atoms with Crippen LogP contribution in [0, 0.1) is 0 Å². The molecule has 1 aliphatic carbocycles. The van der Waals surface area contributed by atoms with Gasteiger partial charge >= 0.3 is 0 Å². The van der Waals surface area contributed by atoms with Gasteiger partial charge in [0, 0.05) is 18.3 Å². The van der Waals surface area contributed by atoms with Crippen molar-refractivity contribution in [1.29, 1.82) is 0 Å². The molecule has 0 bridgehead atoms. The van der Waals surface area contributed by atoms with Gasteiger partial charge in [-0.1, -0.05) is 25.7 Å². The summed E-state index contributed by atoms with van der Waals surface area (Å²) in [6.07, 6.45) is 10.2. The first-order valence-electron chi connectivity index (χ1n) is 8.94. The first kappa shape index (κ1) is 16.7. The topological polar surface area (TPSA) is 71.2 Å². The monoisotopic (exact) mass is 336 g/mol. The molecule has 3 N–H and O–H groups in total. The summed E-state index contributed by atoms with van der Waals surface area (Å²) in [5, 5.41) is 5.77. The molecule has 2 fully saturated rings. The molecule has 1 aliphatic heterocycles. The minimum absolute atomic E-state index is 0.238. The van der Waals surface area contributed by atoms with Gasteiger partial charge in [0.2, 0.25) is 5.91 Å². The van der Waals surface area contributed by atoms with Gasteiger partial charge < -0.3 is 11.1 Å². The number of carbonyl (C=O) groups is 1. The fraction of sp³-hybridized carbons (Fsp3) is 0.765. The molecule has 5 nitrogen and oxygen atoms in total. The number of anilines is 1. The number of nitrogens with zero attached hydrogens (tertiary/aromatic N) is 2. The molecular weight excluding hydrogens is 308 g/mol. The Morgan fingerprint density at radius 1 is 1.22 bits per heavy atom. The Bertz CT molecular complexity index is 518. The van der Waals surface area contributed by atoms with E-state index in [-0.39, 0.29) is 11.4 Å². The molecule has 1 saturated carbocycles. The molecule has 0 radical (unpaired) electrons. The number of likely N-dealkylation sites (tertiary alicyclic amines) is 1. The summed E-state index contributed by atoms with van der Waals surface area (Å²) in [4.78, 5) is 19.8. The van der Waals surface area contributed by atoms with E-state index in [0.29, 0.717) is 11.7 Å². The quantitative estimate of drug-likeness (QED) is 0.867. The van der Waals surface area contributed by atoms with Crippen molar-refractivity contribution < 1.29 is 4.79 Å². The van der Waals surface area contributed by atoms with Gasteiger partial charge in [0.05, 0.1) is 5.69 Å². The van der Waals surface area contributed by atoms with E-state index in [0.717, 1.165) is 38.0 Å². The smallest absolute Gasteiger partial charge is 0.240 e. The highest BCUT2D eigenvalue weighted by molar-refractivity contribution is 7.13. The summed E-state index contributed by atoms with van der Waals surface area (Å²) in [5.41, 5.74) is 6.38. The molecular formula is C17H28N4OS. The summed E-state index contributed by atoms with van der Waals surface area (Å²) in [7, 11) is 0. The van der Waals surface area contributed by atoms with Crippen molar-refractivity contribution in [3.63, 3.8) is 0 Å². The van der Waals surface area contributed by atoms with Crippen molar-refractivity contribution in [3.05, 3.63) is 11.1 Å². The molecule has 3 rings (SSSR count). The standard InChI is InChI=1S/C17H28N4OS/c18-16-20-14(13-23-16)7-10-19-15(22)17(8-3-1-4-9-17)21-11-5-2-6-12-21/h13H,1-12H2,(H2,18,20)(H,19,22). The number of aromatic nitrogens is 1. The lowest BCUT2D eigenvalue weighted by Crippen LogP contribution is -2.61. The van der Waals surface area contributed by atoms with Crippen LogP contribution in [0.15, 0.2) is 5.38 Å². The molecule has 1 aromatic heterocycles. The van der Waals surface area contributed by atoms with E-state index in [1.54, 1.807) is 0 Å². The molecule has 2 aliphatic rings. The Morgan fingerprint density at radius 3 is 2.57 bits per heavy atom. The Hall–Kier alpha value is -1.14. The zero-order chi connectivity index (χ0) is 16.1. The van der Waals surface area contributed by atoms with Gasteiger partial charge in [-0.25, -0.2) is 4.98 Å². The summed E-state index contributed by atoms with van der Waals surface area (Å²) in [6.45, 7) is 2.81. The third kappa shape index (κ3) is 3.86. The van der Waals surface area contributed by atoms with Gasteiger partial charge in [-0.05, 0) is 38.8 Å². The highest BCUT2D eigenvalue weighted by Crippen LogP contribution is 2.35. The van der Waals surface area contributed by atoms with Crippen LogP contribution in [-0.4, -0.2) is 41.0 Å². The maximum Gasteiger partial charge on any atom is 0.240 e. The number of rotatable bonds is 5. The van der Waals surface area contributed by atoms with Crippen molar-refractivity contribution in [2.24, 2.45) is 0 Å². The largest absolute Gasteiger partial charge is 0.375 e. The summed E-state index contributed by atoms with van der Waals surface area (Å²) < 4.78 is 0. The number of nitrogens with one attached hydrogen (secondary N) is 1. The normalized spacial score (nSPS) is 21.9. The minimum atomic E-state index is -0.250. The molecule has 6 heteroatoms. The third-order valence-corrected chi connectivity index (χ3v) is 6.02. The van der Waals surface area contributed by atoms with E-state index >= 15 is 0 Å². The zero-order valence-corrected chi connectivity index (χ0v) is 14.7. The maximum atomic E-state index is 13.0. The van der Waals surface area contributed by atoms with Crippen molar-refractivity contribution in [3.8, 4) is 0 Å². The number of nitrogen functional groups attached to an aromatic ring is 1. The van der Waals surface area contributed by atoms with Crippen LogP contribution in [0.1, 0.15) is 57.1 Å².